The van der Waals surface area contributed by atoms with E-state index in [2.05, 4.69) is 4.90 Å². The third kappa shape index (κ3) is 3.91. The number of benzene rings is 3. The molecule has 7 heteroatoms. The van der Waals surface area contributed by atoms with Gasteiger partial charge in [0.25, 0.3) is 0 Å². The van der Waals surface area contributed by atoms with Crippen LogP contribution in [0, 0.1) is 5.82 Å². The van der Waals surface area contributed by atoms with Crippen molar-refractivity contribution >= 4 is 32.4 Å². The first kappa shape index (κ1) is 19.3. The first-order valence-electron chi connectivity index (χ1n) is 9.09. The summed E-state index contributed by atoms with van der Waals surface area (Å²) in [5.74, 6) is -0.434. The molecule has 4 nitrogen and oxygen atoms in total. The summed E-state index contributed by atoms with van der Waals surface area (Å²) in [6, 6.07) is 17.7. The van der Waals surface area contributed by atoms with Crippen LogP contribution >= 0.6 is 11.6 Å². The average Bonchev–Trinajstić information content (AvgIpc) is 2.71. The highest BCUT2D eigenvalue weighted by atomic mass is 35.5. The second-order valence-corrected chi connectivity index (χ2v) is 9.28. The molecular weight excluding hydrogens is 399 g/mol. The molecule has 0 spiro atoms. The monoisotopic (exact) mass is 418 g/mol. The lowest BCUT2D eigenvalue weighted by molar-refractivity contribution is 0.181. The highest BCUT2D eigenvalue weighted by Crippen LogP contribution is 2.23. The van der Waals surface area contributed by atoms with Crippen molar-refractivity contribution in [3.63, 3.8) is 0 Å². The molecule has 0 unspecified atom stereocenters. The van der Waals surface area contributed by atoms with Gasteiger partial charge < -0.3 is 0 Å². The lowest BCUT2D eigenvalue weighted by Gasteiger charge is -2.34. The van der Waals surface area contributed by atoms with E-state index in [-0.39, 0.29) is 5.02 Å². The van der Waals surface area contributed by atoms with E-state index in [9.17, 15) is 12.8 Å². The second-order valence-electron chi connectivity index (χ2n) is 6.94. The van der Waals surface area contributed by atoms with Gasteiger partial charge in [-0.25, -0.2) is 12.8 Å². The molecule has 0 bridgehead atoms. The largest absolute Gasteiger partial charge is 0.296 e. The summed E-state index contributed by atoms with van der Waals surface area (Å²) in [5, 5.41) is 2.04. The lowest BCUT2D eigenvalue weighted by atomic mass is 10.1. The molecule has 28 heavy (non-hydrogen) atoms. The summed E-state index contributed by atoms with van der Waals surface area (Å²) in [6.45, 7) is 2.68. The first-order valence-corrected chi connectivity index (χ1v) is 10.9. The van der Waals surface area contributed by atoms with Gasteiger partial charge in [-0.1, -0.05) is 48.0 Å². The zero-order chi connectivity index (χ0) is 19.7. The van der Waals surface area contributed by atoms with Crippen LogP contribution in [0.15, 0.2) is 65.6 Å². The third-order valence-electron chi connectivity index (χ3n) is 5.08. The normalized spacial score (nSPS) is 16.5. The molecule has 0 amide bonds. The quantitative estimate of drug-likeness (QED) is 0.639. The van der Waals surface area contributed by atoms with Crippen molar-refractivity contribution in [2.75, 3.05) is 26.2 Å². The van der Waals surface area contributed by atoms with Crippen LogP contribution in [0.1, 0.15) is 5.56 Å². The number of rotatable bonds is 4. The molecule has 1 aliphatic rings. The van der Waals surface area contributed by atoms with Crippen LogP contribution in [0.25, 0.3) is 10.8 Å². The van der Waals surface area contributed by atoms with Gasteiger partial charge in [-0.3, -0.25) is 4.90 Å². The SMILES string of the molecule is O=S(=O)(c1ccc2ccccc2c1)N1CCN(Cc2ccc(F)c(Cl)c2)CC1. The Morgan fingerprint density at radius 3 is 2.32 bits per heavy atom. The van der Waals surface area contributed by atoms with Crippen molar-refractivity contribution in [2.24, 2.45) is 0 Å². The zero-order valence-corrected chi connectivity index (χ0v) is 16.8. The van der Waals surface area contributed by atoms with Crippen LogP contribution in [0.4, 0.5) is 4.39 Å². The maximum Gasteiger partial charge on any atom is 0.243 e. The van der Waals surface area contributed by atoms with E-state index >= 15 is 0 Å². The van der Waals surface area contributed by atoms with Gasteiger partial charge >= 0.3 is 0 Å². The molecule has 3 aromatic carbocycles. The number of piperazine rings is 1. The fourth-order valence-corrected chi connectivity index (χ4v) is 5.16. The van der Waals surface area contributed by atoms with Crippen LogP contribution in [-0.2, 0) is 16.6 Å². The van der Waals surface area contributed by atoms with Crippen molar-refractivity contribution in [3.8, 4) is 0 Å². The summed E-state index contributed by atoms with van der Waals surface area (Å²) < 4.78 is 40.9. The fraction of sp³-hybridized carbons (Fsp3) is 0.238. The Kier molecular flexibility index (Phi) is 5.38. The number of hydrogen-bond acceptors (Lipinski definition) is 3. The molecule has 1 fully saturated rings. The highest BCUT2D eigenvalue weighted by molar-refractivity contribution is 7.89. The summed E-state index contributed by atoms with van der Waals surface area (Å²) in [5.41, 5.74) is 0.914. The van der Waals surface area contributed by atoms with E-state index in [1.54, 1.807) is 24.3 Å². The van der Waals surface area contributed by atoms with Gasteiger partial charge in [0, 0.05) is 32.7 Å². The van der Waals surface area contributed by atoms with Gasteiger partial charge in [-0.05, 0) is 40.6 Å². The fourth-order valence-electron chi connectivity index (χ4n) is 3.50. The predicted octanol–water partition coefficient (Wildman–Crippen LogP) is 4.14. The number of fused-ring (bicyclic) bond motifs is 1. The Labute approximate surface area is 169 Å². The number of hydrogen-bond donors (Lipinski definition) is 0. The topological polar surface area (TPSA) is 40.6 Å². The van der Waals surface area contributed by atoms with Gasteiger partial charge in [0.05, 0.1) is 9.92 Å². The number of halogens is 2. The van der Waals surface area contributed by atoms with Crippen LogP contribution in [0.2, 0.25) is 5.02 Å². The van der Waals surface area contributed by atoms with E-state index in [4.69, 9.17) is 11.6 Å². The number of sulfonamides is 1. The van der Waals surface area contributed by atoms with Crippen molar-refractivity contribution in [3.05, 3.63) is 77.1 Å². The van der Waals surface area contributed by atoms with Crippen molar-refractivity contribution < 1.29 is 12.8 Å². The van der Waals surface area contributed by atoms with Gasteiger partial charge in [0.2, 0.25) is 10.0 Å². The van der Waals surface area contributed by atoms with Gasteiger partial charge in [0.15, 0.2) is 0 Å². The molecule has 0 atom stereocenters. The van der Waals surface area contributed by atoms with E-state index < -0.39 is 15.8 Å². The first-order chi connectivity index (χ1) is 13.4. The summed E-state index contributed by atoms with van der Waals surface area (Å²) in [7, 11) is -3.53. The minimum Gasteiger partial charge on any atom is -0.296 e. The Morgan fingerprint density at radius 2 is 1.61 bits per heavy atom. The molecule has 1 saturated heterocycles. The molecule has 0 saturated carbocycles. The van der Waals surface area contributed by atoms with E-state index in [1.807, 2.05) is 30.3 Å². The maximum absolute atomic E-state index is 13.3. The summed E-state index contributed by atoms with van der Waals surface area (Å²) in [4.78, 5) is 2.47. The molecule has 0 aromatic heterocycles. The Balaban J connectivity index is 1.45. The van der Waals surface area contributed by atoms with Crippen molar-refractivity contribution in [1.29, 1.82) is 0 Å². The highest BCUT2D eigenvalue weighted by Gasteiger charge is 2.28. The van der Waals surface area contributed by atoms with Crippen LogP contribution in [0.5, 0.6) is 0 Å². The van der Waals surface area contributed by atoms with Crippen LogP contribution in [-0.4, -0.2) is 43.8 Å². The van der Waals surface area contributed by atoms with Crippen LogP contribution in [0.3, 0.4) is 0 Å². The smallest absolute Gasteiger partial charge is 0.243 e. The maximum atomic E-state index is 13.3. The molecule has 1 heterocycles. The van der Waals surface area contributed by atoms with Crippen molar-refractivity contribution in [1.82, 2.24) is 9.21 Å². The molecule has 1 aliphatic heterocycles. The predicted molar refractivity (Wildman–Crippen MR) is 109 cm³/mol. The molecule has 0 aliphatic carbocycles. The zero-order valence-electron chi connectivity index (χ0n) is 15.2. The van der Waals surface area contributed by atoms with Gasteiger partial charge in [-0.2, -0.15) is 4.31 Å². The Hall–Kier alpha value is -1.99. The second kappa shape index (κ2) is 7.79. The molecular formula is C21H20ClFN2O2S. The molecule has 0 N–H and O–H groups in total. The average molecular weight is 419 g/mol. The minimum atomic E-state index is -3.53. The Morgan fingerprint density at radius 1 is 0.893 bits per heavy atom. The van der Waals surface area contributed by atoms with Crippen molar-refractivity contribution in [2.45, 2.75) is 11.4 Å². The standard InChI is InChI=1S/C21H20ClFN2O2S/c22-20-13-16(5-8-21(20)23)15-24-9-11-25(12-10-24)28(26,27)19-7-6-17-3-1-2-4-18(17)14-19/h1-8,13-14H,9-12,15H2. The minimum absolute atomic E-state index is 0.106. The molecule has 4 rings (SSSR count). The Bertz CT molecular complexity index is 1110. The van der Waals surface area contributed by atoms with Crippen LogP contribution < -0.4 is 0 Å². The summed E-state index contributed by atoms with van der Waals surface area (Å²) >= 11 is 5.84. The third-order valence-corrected chi connectivity index (χ3v) is 7.26. The number of nitrogens with zero attached hydrogens (tertiary/aromatic N) is 2. The molecule has 3 aromatic rings. The van der Waals surface area contributed by atoms with E-state index in [0.29, 0.717) is 37.6 Å². The lowest BCUT2D eigenvalue weighted by Crippen LogP contribution is -2.48. The van der Waals surface area contributed by atoms with E-state index in [1.165, 1.54) is 10.4 Å². The summed E-state index contributed by atoms with van der Waals surface area (Å²) in [6.07, 6.45) is 0. The molecule has 146 valence electrons. The van der Waals surface area contributed by atoms with Gasteiger partial charge in [-0.15, -0.1) is 0 Å². The van der Waals surface area contributed by atoms with E-state index in [0.717, 1.165) is 16.3 Å². The molecule has 0 radical (unpaired) electrons. The van der Waals surface area contributed by atoms with Gasteiger partial charge in [0.1, 0.15) is 5.82 Å².